The van der Waals surface area contributed by atoms with E-state index in [1.54, 1.807) is 17.6 Å². The van der Waals surface area contributed by atoms with Crippen LogP contribution < -0.4 is 10.6 Å². The largest absolute Gasteiger partial charge is 0.325 e. The van der Waals surface area contributed by atoms with E-state index < -0.39 is 4.92 Å². The Balaban J connectivity index is 1.63. The fraction of sp³-hybridized carbons (Fsp3) is 0.217. The average Bonchev–Trinajstić information content (AvgIpc) is 3.16. The molecule has 0 saturated heterocycles. The van der Waals surface area contributed by atoms with Gasteiger partial charge in [0.2, 0.25) is 11.8 Å². The molecule has 34 heavy (non-hydrogen) atoms. The number of aryl methyl sites for hydroxylation is 2. The number of carbonyl (C=O) groups excluding carboxylic acids is 2. The fourth-order valence-electron chi connectivity index (χ4n) is 3.14. The summed E-state index contributed by atoms with van der Waals surface area (Å²) < 4.78 is 1.74. The van der Waals surface area contributed by atoms with Crippen molar-refractivity contribution >= 4 is 40.6 Å². The van der Waals surface area contributed by atoms with Gasteiger partial charge in [-0.3, -0.25) is 19.7 Å². The lowest BCUT2D eigenvalue weighted by Gasteiger charge is -2.10. The van der Waals surface area contributed by atoms with E-state index in [2.05, 4.69) is 27.4 Å². The van der Waals surface area contributed by atoms with E-state index in [9.17, 15) is 19.7 Å². The van der Waals surface area contributed by atoms with Gasteiger partial charge in [0.15, 0.2) is 5.16 Å². The number of nitro groups is 1. The van der Waals surface area contributed by atoms with Crippen molar-refractivity contribution in [3.63, 3.8) is 0 Å². The summed E-state index contributed by atoms with van der Waals surface area (Å²) in [5.74, 6) is -0.0230. The van der Waals surface area contributed by atoms with Crippen LogP contribution in [0.4, 0.5) is 17.1 Å². The van der Waals surface area contributed by atoms with Crippen LogP contribution in [0.25, 0.3) is 0 Å². The molecule has 0 aliphatic heterocycles. The minimum absolute atomic E-state index is 0.0178. The van der Waals surface area contributed by atoms with Crippen molar-refractivity contribution in [2.75, 3.05) is 16.4 Å². The number of carbonyl (C=O) groups is 2. The molecule has 0 unspecified atom stereocenters. The number of rotatable bonds is 10. The Labute approximate surface area is 200 Å². The number of non-ortho nitro benzene ring substituents is 1. The molecule has 2 N–H and O–H groups in total. The molecule has 0 saturated carbocycles. The highest BCUT2D eigenvalue weighted by molar-refractivity contribution is 7.99. The number of aromatic nitrogens is 3. The van der Waals surface area contributed by atoms with E-state index >= 15 is 0 Å². The number of hydrogen-bond donors (Lipinski definition) is 2. The first kappa shape index (κ1) is 24.6. The highest BCUT2D eigenvalue weighted by Gasteiger charge is 2.17. The predicted octanol–water partition coefficient (Wildman–Crippen LogP) is 3.90. The Kier molecular flexibility index (Phi) is 8.14. The van der Waals surface area contributed by atoms with Gasteiger partial charge < -0.3 is 15.2 Å². The molecule has 3 rings (SSSR count). The molecule has 2 amide bonds. The van der Waals surface area contributed by atoms with Gasteiger partial charge in [0.25, 0.3) is 5.69 Å². The Bertz CT molecular complexity index is 1240. The van der Waals surface area contributed by atoms with Gasteiger partial charge in [0, 0.05) is 30.1 Å². The van der Waals surface area contributed by atoms with Gasteiger partial charge in [0.05, 0.1) is 17.1 Å². The monoisotopic (exact) mass is 480 g/mol. The third-order valence-corrected chi connectivity index (χ3v) is 5.84. The van der Waals surface area contributed by atoms with E-state index in [0.29, 0.717) is 28.8 Å². The van der Waals surface area contributed by atoms with Crippen LogP contribution in [0.15, 0.2) is 60.3 Å². The van der Waals surface area contributed by atoms with Crippen LogP contribution in [0.1, 0.15) is 17.0 Å². The van der Waals surface area contributed by atoms with Gasteiger partial charge in [-0.05, 0) is 37.1 Å². The number of hydrogen-bond acceptors (Lipinski definition) is 7. The Morgan fingerprint density at radius 2 is 1.79 bits per heavy atom. The molecule has 0 spiro atoms. The van der Waals surface area contributed by atoms with Crippen molar-refractivity contribution in [2.45, 2.75) is 32.0 Å². The predicted molar refractivity (Wildman–Crippen MR) is 131 cm³/mol. The number of thioether (sulfide) groups is 1. The van der Waals surface area contributed by atoms with Crippen LogP contribution in [0.5, 0.6) is 0 Å². The summed E-state index contributed by atoms with van der Waals surface area (Å²) in [5.41, 5.74) is 2.73. The zero-order chi connectivity index (χ0) is 24.7. The number of nitrogens with one attached hydrogen (secondary N) is 2. The first-order valence-electron chi connectivity index (χ1n) is 10.3. The maximum atomic E-state index is 12.5. The molecule has 0 fully saturated rings. The van der Waals surface area contributed by atoms with Crippen molar-refractivity contribution < 1.29 is 14.5 Å². The van der Waals surface area contributed by atoms with E-state index in [1.807, 2.05) is 31.2 Å². The van der Waals surface area contributed by atoms with Crippen LogP contribution in [0, 0.1) is 24.0 Å². The summed E-state index contributed by atoms with van der Waals surface area (Å²) in [6.07, 6.45) is 1.68. The first-order chi connectivity index (χ1) is 16.3. The van der Waals surface area contributed by atoms with Crippen LogP contribution in [0.2, 0.25) is 0 Å². The molecule has 11 heteroatoms. The minimum Gasteiger partial charge on any atom is -0.325 e. The number of nitro benzene ring substituents is 1. The molecule has 0 radical (unpaired) electrons. The third-order valence-electron chi connectivity index (χ3n) is 4.87. The number of anilines is 2. The van der Waals surface area contributed by atoms with Crippen molar-refractivity contribution in [3.05, 3.63) is 82.2 Å². The first-order valence-corrected chi connectivity index (χ1v) is 11.3. The summed E-state index contributed by atoms with van der Waals surface area (Å²) in [7, 11) is 0. The number of para-hydroxylation sites is 1. The molecule has 1 aromatic heterocycles. The van der Waals surface area contributed by atoms with Crippen molar-refractivity contribution in [1.29, 1.82) is 0 Å². The van der Waals surface area contributed by atoms with Crippen molar-refractivity contribution in [2.24, 2.45) is 0 Å². The molecule has 1 heterocycles. The molecule has 176 valence electrons. The van der Waals surface area contributed by atoms with Crippen LogP contribution in [-0.2, 0) is 22.6 Å². The summed E-state index contributed by atoms with van der Waals surface area (Å²) >= 11 is 1.17. The Hall–Kier alpha value is -3.99. The molecule has 0 aliphatic carbocycles. The summed E-state index contributed by atoms with van der Waals surface area (Å²) in [4.78, 5) is 35.4. The molecule has 0 atom stereocenters. The molecular weight excluding hydrogens is 456 g/mol. The van der Waals surface area contributed by atoms with E-state index in [-0.39, 0.29) is 29.7 Å². The lowest BCUT2D eigenvalue weighted by atomic mass is 10.2. The molecule has 10 nitrogen and oxygen atoms in total. The van der Waals surface area contributed by atoms with Gasteiger partial charge >= 0.3 is 0 Å². The van der Waals surface area contributed by atoms with Gasteiger partial charge in [-0.1, -0.05) is 36.0 Å². The Morgan fingerprint density at radius 3 is 2.47 bits per heavy atom. The van der Waals surface area contributed by atoms with Gasteiger partial charge in [-0.2, -0.15) is 0 Å². The van der Waals surface area contributed by atoms with Crippen LogP contribution >= 0.6 is 11.8 Å². The average molecular weight is 481 g/mol. The number of allylic oxidation sites excluding steroid dienone is 1. The molecule has 0 bridgehead atoms. The second kappa shape index (κ2) is 11.2. The summed E-state index contributed by atoms with van der Waals surface area (Å²) in [6.45, 7) is 7.72. The topological polar surface area (TPSA) is 132 Å². The van der Waals surface area contributed by atoms with Gasteiger partial charge in [-0.25, -0.2) is 0 Å². The second-order valence-corrected chi connectivity index (χ2v) is 8.37. The maximum Gasteiger partial charge on any atom is 0.269 e. The summed E-state index contributed by atoms with van der Waals surface area (Å²) in [6, 6.07) is 11.7. The molecule has 3 aromatic rings. The van der Waals surface area contributed by atoms with Gasteiger partial charge in [0.1, 0.15) is 5.82 Å². The van der Waals surface area contributed by atoms with Crippen LogP contribution in [-0.4, -0.2) is 37.3 Å². The quantitative estimate of drug-likeness (QED) is 0.195. The summed E-state index contributed by atoms with van der Waals surface area (Å²) in [5, 5.41) is 25.2. The van der Waals surface area contributed by atoms with Gasteiger partial charge in [-0.15, -0.1) is 16.8 Å². The highest BCUT2D eigenvalue weighted by Crippen LogP contribution is 2.23. The fourth-order valence-corrected chi connectivity index (χ4v) is 3.90. The zero-order valence-electron chi connectivity index (χ0n) is 18.8. The standard InChI is InChI=1S/C23H24N6O4S/c1-4-11-28-20(13-21(30)24-18-8-6-5-7-15(18)2)26-27-23(28)34-14-22(31)25-19-10-9-17(29(32)33)12-16(19)3/h4-10,12H,1,11,13-14H2,2-3H3,(H,24,30)(H,25,31). The minimum atomic E-state index is -0.486. The Morgan fingerprint density at radius 1 is 1.09 bits per heavy atom. The maximum absolute atomic E-state index is 12.5. The van der Waals surface area contributed by atoms with Crippen molar-refractivity contribution in [3.8, 4) is 0 Å². The van der Waals surface area contributed by atoms with Crippen LogP contribution in [0.3, 0.4) is 0 Å². The third kappa shape index (κ3) is 6.29. The smallest absolute Gasteiger partial charge is 0.269 e. The second-order valence-electron chi connectivity index (χ2n) is 7.43. The van der Waals surface area contributed by atoms with E-state index in [0.717, 1.165) is 11.3 Å². The SMILES string of the molecule is C=CCn1c(CC(=O)Nc2ccccc2C)nnc1SCC(=O)Nc1ccc([N+](=O)[O-])cc1C. The molecule has 0 aliphatic rings. The number of benzene rings is 2. The lowest BCUT2D eigenvalue weighted by molar-refractivity contribution is -0.384. The molecular formula is C23H24N6O4S. The van der Waals surface area contributed by atoms with E-state index in [4.69, 9.17) is 0 Å². The normalized spacial score (nSPS) is 10.5. The zero-order valence-corrected chi connectivity index (χ0v) is 19.6. The number of nitrogens with zero attached hydrogens (tertiary/aromatic N) is 4. The van der Waals surface area contributed by atoms with E-state index in [1.165, 1.54) is 30.0 Å². The number of amides is 2. The molecule has 2 aromatic carbocycles. The van der Waals surface area contributed by atoms with Crippen molar-refractivity contribution in [1.82, 2.24) is 14.8 Å². The lowest BCUT2D eigenvalue weighted by Crippen LogP contribution is -2.18. The highest BCUT2D eigenvalue weighted by atomic mass is 32.2.